The predicted molar refractivity (Wildman–Crippen MR) is 86.8 cm³/mol. The molecule has 112 valence electrons. The van der Waals surface area contributed by atoms with Gasteiger partial charge in [-0.05, 0) is 44.4 Å². The monoisotopic (exact) mass is 325 g/mol. The van der Waals surface area contributed by atoms with Crippen LogP contribution in [0.15, 0.2) is 18.2 Å². The number of hydrogen-bond donors (Lipinski definition) is 2. The Kier molecular flexibility index (Phi) is 5.20. The van der Waals surface area contributed by atoms with Crippen LogP contribution < -0.4 is 11.1 Å². The molecule has 0 saturated heterocycles. The summed E-state index contributed by atoms with van der Waals surface area (Å²) in [6.45, 7) is 3.83. The summed E-state index contributed by atoms with van der Waals surface area (Å²) < 4.78 is 0. The summed E-state index contributed by atoms with van der Waals surface area (Å²) in [5.74, 6) is 1.31. The summed E-state index contributed by atoms with van der Waals surface area (Å²) in [5.41, 5.74) is 6.67. The number of aryl methyl sites for hydroxylation is 2. The van der Waals surface area contributed by atoms with Gasteiger partial charge in [-0.3, -0.25) is 0 Å². The van der Waals surface area contributed by atoms with Crippen molar-refractivity contribution in [2.45, 2.75) is 32.7 Å². The van der Waals surface area contributed by atoms with Crippen LogP contribution in [0.2, 0.25) is 10.0 Å². The van der Waals surface area contributed by atoms with E-state index in [1.807, 2.05) is 12.1 Å². The lowest BCUT2D eigenvalue weighted by Gasteiger charge is -2.14. The molecular weight excluding hydrogens is 309 g/mol. The second-order valence-corrected chi connectivity index (χ2v) is 5.73. The van der Waals surface area contributed by atoms with Crippen LogP contribution in [0.1, 0.15) is 24.7 Å². The fourth-order valence-corrected chi connectivity index (χ4v) is 2.46. The normalized spacial score (nSPS) is 12.2. The summed E-state index contributed by atoms with van der Waals surface area (Å²) in [6.07, 6.45) is 1.72. The first kappa shape index (κ1) is 15.8. The topological polar surface area (TPSA) is 76.7 Å². The largest absolute Gasteiger partial charge is 0.368 e. The number of benzene rings is 1. The van der Waals surface area contributed by atoms with Crippen molar-refractivity contribution >= 4 is 35.1 Å². The molecule has 0 spiro atoms. The third-order valence-corrected chi connectivity index (χ3v) is 3.59. The molecule has 0 aliphatic heterocycles. The minimum Gasteiger partial charge on any atom is -0.368 e. The fourth-order valence-electron chi connectivity index (χ4n) is 1.96. The maximum Gasteiger partial charge on any atom is 0.227 e. The van der Waals surface area contributed by atoms with Crippen LogP contribution in [-0.2, 0) is 6.42 Å². The second kappa shape index (κ2) is 6.91. The smallest absolute Gasteiger partial charge is 0.227 e. The van der Waals surface area contributed by atoms with Crippen molar-refractivity contribution in [3.8, 4) is 0 Å². The van der Waals surface area contributed by atoms with Crippen LogP contribution in [0.25, 0.3) is 0 Å². The van der Waals surface area contributed by atoms with E-state index >= 15 is 0 Å². The summed E-state index contributed by atoms with van der Waals surface area (Å²) in [6, 6.07) is 5.73. The molecule has 1 unspecified atom stereocenters. The van der Waals surface area contributed by atoms with E-state index in [0.29, 0.717) is 21.8 Å². The first-order chi connectivity index (χ1) is 9.94. The highest BCUT2D eigenvalue weighted by molar-refractivity contribution is 6.35. The van der Waals surface area contributed by atoms with Crippen molar-refractivity contribution in [3.63, 3.8) is 0 Å². The number of nitrogens with two attached hydrogens (primary N) is 1. The minimum absolute atomic E-state index is 0.179. The van der Waals surface area contributed by atoms with Gasteiger partial charge in [-0.15, -0.1) is 0 Å². The number of nitrogen functional groups attached to an aromatic ring is 1. The number of nitrogens with one attached hydrogen (secondary N) is 1. The van der Waals surface area contributed by atoms with Crippen LogP contribution in [0, 0.1) is 6.92 Å². The molecule has 0 aliphatic carbocycles. The zero-order valence-corrected chi connectivity index (χ0v) is 13.4. The van der Waals surface area contributed by atoms with Crippen molar-refractivity contribution in [1.29, 1.82) is 0 Å². The molecule has 0 amide bonds. The van der Waals surface area contributed by atoms with E-state index in [0.717, 1.165) is 18.4 Å². The van der Waals surface area contributed by atoms with E-state index in [2.05, 4.69) is 27.2 Å². The van der Waals surface area contributed by atoms with Gasteiger partial charge in [0.1, 0.15) is 5.82 Å². The van der Waals surface area contributed by atoms with E-state index in [1.165, 1.54) is 0 Å². The maximum atomic E-state index is 6.16. The Labute approximate surface area is 133 Å². The van der Waals surface area contributed by atoms with E-state index in [9.17, 15) is 0 Å². The standard InChI is InChI=1S/C14H17Cl2N5/c1-8(18-14-20-9(2)19-13(17)21-14)3-4-10-5-6-11(15)7-12(10)16/h5-8H,3-4H2,1-2H3,(H3,17,18,19,20,21). The molecule has 2 aromatic rings. The minimum atomic E-state index is 0.179. The molecule has 0 saturated carbocycles. The van der Waals surface area contributed by atoms with Crippen molar-refractivity contribution in [1.82, 2.24) is 15.0 Å². The summed E-state index contributed by atoms with van der Waals surface area (Å²) in [7, 11) is 0. The average Bonchev–Trinajstić information content (AvgIpc) is 2.36. The second-order valence-electron chi connectivity index (χ2n) is 4.88. The molecule has 1 atom stereocenters. The zero-order valence-electron chi connectivity index (χ0n) is 11.9. The van der Waals surface area contributed by atoms with Crippen molar-refractivity contribution in [3.05, 3.63) is 39.6 Å². The van der Waals surface area contributed by atoms with Gasteiger partial charge in [-0.25, -0.2) is 0 Å². The van der Waals surface area contributed by atoms with Crippen LogP contribution in [0.4, 0.5) is 11.9 Å². The van der Waals surface area contributed by atoms with Crippen LogP contribution in [0.5, 0.6) is 0 Å². The molecule has 7 heteroatoms. The fraction of sp³-hybridized carbons (Fsp3) is 0.357. The van der Waals surface area contributed by atoms with E-state index in [1.54, 1.807) is 13.0 Å². The van der Waals surface area contributed by atoms with Crippen molar-refractivity contribution in [2.24, 2.45) is 0 Å². The average molecular weight is 326 g/mol. The quantitative estimate of drug-likeness (QED) is 0.879. The zero-order chi connectivity index (χ0) is 15.4. The van der Waals surface area contributed by atoms with Crippen LogP contribution in [0.3, 0.4) is 0 Å². The molecule has 3 N–H and O–H groups in total. The maximum absolute atomic E-state index is 6.16. The number of hydrogen-bond acceptors (Lipinski definition) is 5. The van der Waals surface area contributed by atoms with Gasteiger partial charge in [0.25, 0.3) is 0 Å². The number of nitrogens with zero attached hydrogens (tertiary/aromatic N) is 3. The lowest BCUT2D eigenvalue weighted by atomic mass is 10.1. The van der Waals surface area contributed by atoms with Gasteiger partial charge in [0.05, 0.1) is 0 Å². The summed E-state index contributed by atoms with van der Waals surface area (Å²) in [4.78, 5) is 12.2. The third-order valence-electron chi connectivity index (χ3n) is 3.00. The lowest BCUT2D eigenvalue weighted by molar-refractivity contribution is 0.697. The Bertz CT molecular complexity index is 613. The van der Waals surface area contributed by atoms with E-state index < -0.39 is 0 Å². The SMILES string of the molecule is Cc1nc(N)nc(NC(C)CCc2ccc(Cl)cc2Cl)n1. The van der Waals surface area contributed by atoms with E-state index in [4.69, 9.17) is 28.9 Å². The Morgan fingerprint density at radius 2 is 2.00 bits per heavy atom. The molecular formula is C14H17Cl2N5. The molecule has 1 aromatic heterocycles. The van der Waals surface area contributed by atoms with Gasteiger partial charge >= 0.3 is 0 Å². The molecule has 1 heterocycles. The third kappa shape index (κ3) is 4.72. The highest BCUT2D eigenvalue weighted by Gasteiger charge is 2.08. The van der Waals surface area contributed by atoms with Crippen molar-refractivity contribution < 1.29 is 0 Å². The van der Waals surface area contributed by atoms with Gasteiger partial charge in [0, 0.05) is 16.1 Å². The molecule has 0 aliphatic rings. The number of aromatic nitrogens is 3. The van der Waals surface area contributed by atoms with Gasteiger partial charge in [0.2, 0.25) is 11.9 Å². The van der Waals surface area contributed by atoms with Crippen LogP contribution >= 0.6 is 23.2 Å². The summed E-state index contributed by atoms with van der Waals surface area (Å²) in [5, 5.41) is 4.55. The van der Waals surface area contributed by atoms with Gasteiger partial charge < -0.3 is 11.1 Å². The number of halogens is 2. The molecule has 2 rings (SSSR count). The predicted octanol–water partition coefficient (Wildman–Crippen LogP) is 3.50. The Balaban J connectivity index is 1.94. The number of anilines is 2. The Hall–Kier alpha value is -1.59. The highest BCUT2D eigenvalue weighted by atomic mass is 35.5. The Morgan fingerprint density at radius 1 is 1.24 bits per heavy atom. The molecule has 1 aromatic carbocycles. The molecule has 0 fully saturated rings. The molecule has 5 nitrogen and oxygen atoms in total. The van der Waals surface area contributed by atoms with Gasteiger partial charge in [0.15, 0.2) is 0 Å². The van der Waals surface area contributed by atoms with E-state index in [-0.39, 0.29) is 12.0 Å². The lowest BCUT2D eigenvalue weighted by Crippen LogP contribution is -2.19. The Morgan fingerprint density at radius 3 is 2.67 bits per heavy atom. The number of rotatable bonds is 5. The first-order valence-corrected chi connectivity index (χ1v) is 7.38. The molecule has 21 heavy (non-hydrogen) atoms. The highest BCUT2D eigenvalue weighted by Crippen LogP contribution is 2.22. The van der Waals surface area contributed by atoms with Gasteiger partial charge in [-0.1, -0.05) is 29.3 Å². The van der Waals surface area contributed by atoms with Gasteiger partial charge in [-0.2, -0.15) is 15.0 Å². The van der Waals surface area contributed by atoms with Crippen LogP contribution in [-0.4, -0.2) is 21.0 Å². The first-order valence-electron chi connectivity index (χ1n) is 6.62. The van der Waals surface area contributed by atoms with Crippen molar-refractivity contribution in [2.75, 3.05) is 11.1 Å². The molecule has 0 radical (unpaired) electrons. The summed E-state index contributed by atoms with van der Waals surface area (Å²) >= 11 is 12.0. The molecule has 0 bridgehead atoms.